The molecule has 0 aliphatic carbocycles. The molecule has 1 aromatic carbocycles. The summed E-state index contributed by atoms with van der Waals surface area (Å²) < 4.78 is 52.3. The Morgan fingerprint density at radius 1 is 1.00 bits per heavy atom. The molecule has 0 aromatic heterocycles. The molecule has 9 heteroatoms. The van der Waals surface area contributed by atoms with Gasteiger partial charge in [-0.2, -0.15) is 0 Å². The maximum absolute atomic E-state index is 12.3. The number of nitrogens with one attached hydrogen (secondary N) is 2. The number of hydrogen-bond acceptors (Lipinski definition) is 5. The highest BCUT2D eigenvalue weighted by Gasteiger charge is 2.27. The molecule has 2 N–H and O–H groups in total. The van der Waals surface area contributed by atoms with Gasteiger partial charge in [0, 0.05) is 27.2 Å². The molecule has 0 atom stereocenters. The van der Waals surface area contributed by atoms with E-state index in [1.165, 1.54) is 38.4 Å². The number of nitrogens with zero attached hydrogens (tertiary/aromatic N) is 1. The first-order valence-electron chi connectivity index (χ1n) is 6.45. The van der Waals surface area contributed by atoms with Crippen molar-refractivity contribution in [2.24, 2.45) is 0 Å². The molecule has 1 aromatic rings. The number of rotatable bonds is 8. The number of sulfonamides is 2. The molecule has 0 aliphatic rings. The minimum atomic E-state index is -3.88. The SMILES string of the molecule is CCNCCNS(=O)(=O)c1ccccc1S(=O)(=O)N(C)C. The quantitative estimate of drug-likeness (QED) is 0.643. The predicted molar refractivity (Wildman–Crippen MR) is 81.0 cm³/mol. The number of likely N-dealkylation sites (N-methyl/N-ethyl adjacent to an activating group) is 1. The van der Waals surface area contributed by atoms with Crippen molar-refractivity contribution < 1.29 is 16.8 Å². The van der Waals surface area contributed by atoms with E-state index in [0.717, 1.165) is 10.8 Å². The molecule has 7 nitrogen and oxygen atoms in total. The highest BCUT2D eigenvalue weighted by Crippen LogP contribution is 2.22. The molecule has 21 heavy (non-hydrogen) atoms. The van der Waals surface area contributed by atoms with Crippen molar-refractivity contribution in [3.63, 3.8) is 0 Å². The van der Waals surface area contributed by atoms with E-state index in [1.54, 1.807) is 0 Å². The van der Waals surface area contributed by atoms with Crippen LogP contribution < -0.4 is 10.0 Å². The predicted octanol–water partition coefficient (Wildman–Crippen LogP) is -0.175. The third-order valence-electron chi connectivity index (χ3n) is 2.74. The smallest absolute Gasteiger partial charge is 0.243 e. The van der Waals surface area contributed by atoms with Gasteiger partial charge in [0.05, 0.1) is 0 Å². The standard InChI is InChI=1S/C12H21N3O4S2/c1-4-13-9-10-14-20(16,17)11-7-5-6-8-12(11)21(18,19)15(2)3/h5-8,13-14H,4,9-10H2,1-3H3. The van der Waals surface area contributed by atoms with Crippen LogP contribution in [0.3, 0.4) is 0 Å². The second kappa shape index (κ2) is 7.32. The van der Waals surface area contributed by atoms with E-state index < -0.39 is 20.0 Å². The topological polar surface area (TPSA) is 95.6 Å². The van der Waals surface area contributed by atoms with Crippen LogP contribution in [0, 0.1) is 0 Å². The normalized spacial score (nSPS) is 12.8. The molecular formula is C12H21N3O4S2. The highest BCUT2D eigenvalue weighted by molar-refractivity contribution is 7.92. The minimum Gasteiger partial charge on any atom is -0.316 e. The van der Waals surface area contributed by atoms with Crippen LogP contribution in [0.25, 0.3) is 0 Å². The molecule has 0 saturated heterocycles. The van der Waals surface area contributed by atoms with E-state index in [2.05, 4.69) is 10.0 Å². The van der Waals surface area contributed by atoms with Crippen LogP contribution in [0.2, 0.25) is 0 Å². The first-order chi connectivity index (χ1) is 9.73. The van der Waals surface area contributed by atoms with Gasteiger partial charge in [0.1, 0.15) is 9.79 Å². The Hall–Kier alpha value is -1.00. The van der Waals surface area contributed by atoms with Gasteiger partial charge in [0.15, 0.2) is 0 Å². The average molecular weight is 335 g/mol. The zero-order chi connectivity index (χ0) is 16.1. The maximum atomic E-state index is 12.3. The summed E-state index contributed by atoms with van der Waals surface area (Å²) in [6, 6.07) is 5.56. The molecular weight excluding hydrogens is 314 g/mol. The summed E-state index contributed by atoms with van der Waals surface area (Å²) >= 11 is 0. The third kappa shape index (κ3) is 4.48. The van der Waals surface area contributed by atoms with Gasteiger partial charge >= 0.3 is 0 Å². The van der Waals surface area contributed by atoms with Crippen LogP contribution >= 0.6 is 0 Å². The van der Waals surface area contributed by atoms with E-state index in [4.69, 9.17) is 0 Å². The Balaban J connectivity index is 3.14. The summed E-state index contributed by atoms with van der Waals surface area (Å²) in [7, 11) is -4.99. The van der Waals surface area contributed by atoms with Crippen molar-refractivity contribution in [3.05, 3.63) is 24.3 Å². The summed E-state index contributed by atoms with van der Waals surface area (Å²) in [6.07, 6.45) is 0. The van der Waals surface area contributed by atoms with E-state index in [1.807, 2.05) is 6.92 Å². The fourth-order valence-corrected chi connectivity index (χ4v) is 4.34. The van der Waals surface area contributed by atoms with Crippen LogP contribution in [0.15, 0.2) is 34.1 Å². The van der Waals surface area contributed by atoms with E-state index in [9.17, 15) is 16.8 Å². The molecule has 1 rings (SSSR count). The average Bonchev–Trinajstić information content (AvgIpc) is 2.43. The third-order valence-corrected chi connectivity index (χ3v) is 6.26. The summed E-state index contributed by atoms with van der Waals surface area (Å²) in [4.78, 5) is -0.471. The van der Waals surface area contributed by atoms with E-state index >= 15 is 0 Å². The Bertz CT molecular complexity index is 669. The molecule has 120 valence electrons. The summed E-state index contributed by atoms with van der Waals surface area (Å²) in [5.74, 6) is 0. The molecule has 0 bridgehead atoms. The summed E-state index contributed by atoms with van der Waals surface area (Å²) in [5.41, 5.74) is 0. The van der Waals surface area contributed by atoms with E-state index in [0.29, 0.717) is 6.54 Å². The van der Waals surface area contributed by atoms with Gasteiger partial charge in [0.25, 0.3) is 0 Å². The molecule has 0 aliphatic heterocycles. The van der Waals surface area contributed by atoms with Crippen molar-refractivity contribution >= 4 is 20.0 Å². The van der Waals surface area contributed by atoms with Gasteiger partial charge in [-0.1, -0.05) is 19.1 Å². The zero-order valence-electron chi connectivity index (χ0n) is 12.3. The van der Waals surface area contributed by atoms with Crippen LogP contribution in [0.4, 0.5) is 0 Å². The minimum absolute atomic E-state index is 0.187. The van der Waals surface area contributed by atoms with Gasteiger partial charge in [-0.05, 0) is 18.7 Å². The monoisotopic (exact) mass is 335 g/mol. The van der Waals surface area contributed by atoms with Gasteiger partial charge in [-0.3, -0.25) is 0 Å². The lowest BCUT2D eigenvalue weighted by Crippen LogP contribution is -2.33. The van der Waals surface area contributed by atoms with Gasteiger partial charge in [-0.25, -0.2) is 25.9 Å². The molecule has 0 heterocycles. The van der Waals surface area contributed by atoms with Crippen molar-refractivity contribution in [3.8, 4) is 0 Å². The zero-order valence-corrected chi connectivity index (χ0v) is 14.0. The van der Waals surface area contributed by atoms with Crippen LogP contribution in [-0.2, 0) is 20.0 Å². The summed E-state index contributed by atoms with van der Waals surface area (Å²) in [5, 5.41) is 2.98. The van der Waals surface area contributed by atoms with E-state index in [-0.39, 0.29) is 16.3 Å². The fraction of sp³-hybridized carbons (Fsp3) is 0.500. The molecule has 0 radical (unpaired) electrons. The van der Waals surface area contributed by atoms with Gasteiger partial charge < -0.3 is 5.32 Å². The van der Waals surface area contributed by atoms with Crippen LogP contribution in [0.1, 0.15) is 6.92 Å². The lowest BCUT2D eigenvalue weighted by atomic mass is 10.4. The Morgan fingerprint density at radius 2 is 1.57 bits per heavy atom. The Morgan fingerprint density at radius 3 is 2.10 bits per heavy atom. The molecule has 0 unspecified atom stereocenters. The van der Waals surface area contributed by atoms with Crippen molar-refractivity contribution in [1.82, 2.24) is 14.3 Å². The maximum Gasteiger partial charge on any atom is 0.243 e. The van der Waals surface area contributed by atoms with Crippen molar-refractivity contribution in [2.75, 3.05) is 33.7 Å². The van der Waals surface area contributed by atoms with Crippen molar-refractivity contribution in [1.29, 1.82) is 0 Å². The lowest BCUT2D eigenvalue weighted by molar-refractivity contribution is 0.516. The molecule has 0 fully saturated rings. The van der Waals surface area contributed by atoms with Crippen LogP contribution in [-0.4, -0.2) is 54.9 Å². The molecule has 0 saturated carbocycles. The molecule has 0 amide bonds. The summed E-state index contributed by atoms with van der Waals surface area (Å²) in [6.45, 7) is 3.30. The van der Waals surface area contributed by atoms with Gasteiger partial charge in [-0.15, -0.1) is 0 Å². The van der Waals surface area contributed by atoms with Crippen LogP contribution in [0.5, 0.6) is 0 Å². The largest absolute Gasteiger partial charge is 0.316 e. The fourth-order valence-electron chi connectivity index (χ4n) is 1.61. The first kappa shape index (κ1) is 18.1. The Labute approximate surface area is 126 Å². The number of benzene rings is 1. The van der Waals surface area contributed by atoms with Gasteiger partial charge in [0.2, 0.25) is 20.0 Å². The Kier molecular flexibility index (Phi) is 6.29. The first-order valence-corrected chi connectivity index (χ1v) is 9.37. The molecule has 0 spiro atoms. The number of hydrogen-bond donors (Lipinski definition) is 2. The second-order valence-corrected chi connectivity index (χ2v) is 8.34. The lowest BCUT2D eigenvalue weighted by Gasteiger charge is -2.15. The second-order valence-electron chi connectivity index (χ2n) is 4.49. The van der Waals surface area contributed by atoms with Crippen molar-refractivity contribution in [2.45, 2.75) is 16.7 Å². The highest BCUT2D eigenvalue weighted by atomic mass is 32.2.